The molecule has 3 aromatic heterocycles. The van der Waals surface area contributed by atoms with Gasteiger partial charge in [-0.1, -0.05) is 0 Å². The first-order valence-corrected chi connectivity index (χ1v) is 6.20. The summed E-state index contributed by atoms with van der Waals surface area (Å²) in [4.78, 5) is 18.8. The first kappa shape index (κ1) is 12.7. The standard InChI is InChI=1S/C9H9N8O2S/c1-16-3-13-6(17(18)19)8(16)20-7-4-5(12-2-11-4)14-9(10)15-7/h2-3,18H,1H3,(H3,10,11,12,14,15)/q-1. The number of hydrogen-bond donors (Lipinski definition) is 3. The zero-order valence-electron chi connectivity index (χ0n) is 10.2. The summed E-state index contributed by atoms with van der Waals surface area (Å²) in [7, 11) is 1.69. The van der Waals surface area contributed by atoms with Gasteiger partial charge in [-0.25, -0.2) is 15.0 Å². The van der Waals surface area contributed by atoms with E-state index >= 15 is 0 Å². The van der Waals surface area contributed by atoms with Crippen molar-refractivity contribution in [3.63, 3.8) is 0 Å². The molecule has 0 unspecified atom stereocenters. The van der Waals surface area contributed by atoms with Crippen LogP contribution in [0.15, 0.2) is 22.7 Å². The maximum absolute atomic E-state index is 11.1. The van der Waals surface area contributed by atoms with Crippen LogP contribution in [-0.4, -0.2) is 34.7 Å². The second kappa shape index (κ2) is 4.63. The molecule has 11 heteroatoms. The number of nitrogens with zero attached hydrogens (tertiary/aromatic N) is 6. The van der Waals surface area contributed by atoms with E-state index in [1.54, 1.807) is 11.6 Å². The summed E-state index contributed by atoms with van der Waals surface area (Å²) in [5, 5.41) is 20.7. The highest BCUT2D eigenvalue weighted by Crippen LogP contribution is 2.35. The molecule has 0 saturated heterocycles. The van der Waals surface area contributed by atoms with Crippen molar-refractivity contribution in [1.29, 1.82) is 0 Å². The Morgan fingerprint density at radius 3 is 3.00 bits per heavy atom. The maximum atomic E-state index is 11.1. The van der Waals surface area contributed by atoms with Crippen LogP contribution in [0.25, 0.3) is 11.2 Å². The number of nitrogens with two attached hydrogens (primary N) is 1. The van der Waals surface area contributed by atoms with Gasteiger partial charge in [0, 0.05) is 7.05 Å². The fourth-order valence-electron chi connectivity index (χ4n) is 1.64. The number of H-pyrrole nitrogens is 1. The highest BCUT2D eigenvalue weighted by molar-refractivity contribution is 7.99. The van der Waals surface area contributed by atoms with Gasteiger partial charge in [0.1, 0.15) is 15.6 Å². The predicted octanol–water partition coefficient (Wildman–Crippen LogP) is 0.513. The second-order valence-electron chi connectivity index (χ2n) is 3.85. The van der Waals surface area contributed by atoms with Crippen molar-refractivity contribution in [3.05, 3.63) is 17.9 Å². The number of anilines is 2. The Kier molecular flexibility index (Phi) is 2.93. The van der Waals surface area contributed by atoms with E-state index in [1.807, 2.05) is 0 Å². The molecule has 10 nitrogen and oxygen atoms in total. The Morgan fingerprint density at radius 2 is 2.25 bits per heavy atom. The molecular formula is C9H9N8O2S-. The van der Waals surface area contributed by atoms with E-state index in [4.69, 9.17) is 10.9 Å². The van der Waals surface area contributed by atoms with Crippen LogP contribution in [-0.2, 0) is 7.05 Å². The molecule has 0 aliphatic carbocycles. The molecule has 0 saturated carbocycles. The first-order valence-electron chi connectivity index (χ1n) is 5.38. The van der Waals surface area contributed by atoms with Gasteiger partial charge in [-0.3, -0.25) is 5.21 Å². The van der Waals surface area contributed by atoms with Crippen LogP contribution in [0.3, 0.4) is 0 Å². The predicted molar refractivity (Wildman–Crippen MR) is 71.1 cm³/mol. The average molecular weight is 293 g/mol. The summed E-state index contributed by atoms with van der Waals surface area (Å²) in [6, 6.07) is 0. The number of hydrogen-bond acceptors (Lipinski definition) is 9. The number of fused-ring (bicyclic) bond motifs is 1. The SMILES string of the molecule is Cn1cnc(N([O-])O)c1Sc1nc(N)nc2nc[nH]c12. The van der Waals surface area contributed by atoms with Crippen molar-refractivity contribution in [2.75, 3.05) is 11.0 Å². The molecule has 4 N–H and O–H groups in total. The van der Waals surface area contributed by atoms with Crippen molar-refractivity contribution in [2.45, 2.75) is 10.1 Å². The van der Waals surface area contributed by atoms with Crippen molar-refractivity contribution >= 4 is 34.7 Å². The minimum atomic E-state index is -0.295. The average Bonchev–Trinajstić information content (AvgIpc) is 2.97. The van der Waals surface area contributed by atoms with Gasteiger partial charge in [-0.15, -0.1) is 0 Å². The topological polar surface area (TPSA) is 145 Å². The Hall–Kier alpha value is -2.37. The number of rotatable bonds is 3. The number of aryl methyl sites for hydroxylation is 1. The summed E-state index contributed by atoms with van der Waals surface area (Å²) in [6.45, 7) is 0. The third kappa shape index (κ3) is 2.03. The molecule has 3 rings (SSSR count). The van der Waals surface area contributed by atoms with Gasteiger partial charge in [0.05, 0.1) is 12.7 Å². The first-order chi connectivity index (χ1) is 9.56. The van der Waals surface area contributed by atoms with E-state index in [0.717, 1.165) is 11.8 Å². The highest BCUT2D eigenvalue weighted by Gasteiger charge is 2.16. The molecule has 20 heavy (non-hydrogen) atoms. The van der Waals surface area contributed by atoms with E-state index in [-0.39, 0.29) is 17.0 Å². The third-order valence-corrected chi connectivity index (χ3v) is 3.66. The zero-order chi connectivity index (χ0) is 14.3. The molecule has 0 aliphatic heterocycles. The molecule has 0 bridgehead atoms. The Morgan fingerprint density at radius 1 is 1.45 bits per heavy atom. The highest BCUT2D eigenvalue weighted by atomic mass is 32.2. The van der Waals surface area contributed by atoms with Crippen LogP contribution >= 0.6 is 11.8 Å². The van der Waals surface area contributed by atoms with Gasteiger partial charge >= 0.3 is 0 Å². The van der Waals surface area contributed by atoms with Gasteiger partial charge in [0.15, 0.2) is 11.5 Å². The van der Waals surface area contributed by atoms with Gasteiger partial charge in [-0.05, 0) is 11.8 Å². The summed E-state index contributed by atoms with van der Waals surface area (Å²) < 4.78 is 1.58. The lowest BCUT2D eigenvalue weighted by atomic mass is 10.5. The van der Waals surface area contributed by atoms with Crippen LogP contribution in [0.2, 0.25) is 0 Å². The zero-order valence-corrected chi connectivity index (χ0v) is 11.0. The summed E-state index contributed by atoms with van der Waals surface area (Å²) >= 11 is 1.12. The van der Waals surface area contributed by atoms with Crippen molar-refractivity contribution in [1.82, 2.24) is 29.5 Å². The lowest BCUT2D eigenvalue weighted by Gasteiger charge is -2.20. The number of aromatic amines is 1. The Labute approximate surface area is 116 Å². The smallest absolute Gasteiger partial charge is 0.223 e. The Bertz CT molecular complexity index is 766. The number of nitrogen functional groups attached to an aromatic ring is 1. The van der Waals surface area contributed by atoms with Crippen molar-refractivity contribution in [2.24, 2.45) is 7.05 Å². The molecular weight excluding hydrogens is 284 g/mol. The van der Waals surface area contributed by atoms with E-state index in [2.05, 4.69) is 24.9 Å². The Balaban J connectivity index is 2.10. The summed E-state index contributed by atoms with van der Waals surface area (Å²) in [5.74, 6) is -0.0545. The molecule has 3 heterocycles. The second-order valence-corrected chi connectivity index (χ2v) is 4.82. The molecule has 0 aliphatic rings. The van der Waals surface area contributed by atoms with E-state index in [9.17, 15) is 5.21 Å². The molecule has 0 aromatic carbocycles. The van der Waals surface area contributed by atoms with Crippen LogP contribution in [0, 0.1) is 5.21 Å². The fourth-order valence-corrected chi connectivity index (χ4v) is 2.63. The van der Waals surface area contributed by atoms with Gasteiger partial charge < -0.3 is 25.7 Å². The van der Waals surface area contributed by atoms with Crippen molar-refractivity contribution in [3.8, 4) is 0 Å². The van der Waals surface area contributed by atoms with Crippen LogP contribution in [0.1, 0.15) is 0 Å². The third-order valence-electron chi connectivity index (χ3n) is 2.51. The summed E-state index contributed by atoms with van der Waals surface area (Å²) in [5.41, 5.74) is 6.63. The van der Waals surface area contributed by atoms with Crippen molar-refractivity contribution < 1.29 is 5.21 Å². The van der Waals surface area contributed by atoms with E-state index in [1.165, 1.54) is 12.7 Å². The van der Waals surface area contributed by atoms with Crippen LogP contribution in [0.4, 0.5) is 11.8 Å². The summed E-state index contributed by atoms with van der Waals surface area (Å²) in [6.07, 6.45) is 2.88. The van der Waals surface area contributed by atoms with Gasteiger partial charge in [0.2, 0.25) is 5.95 Å². The number of imidazole rings is 2. The molecule has 0 atom stereocenters. The minimum absolute atomic E-state index is 0.0683. The van der Waals surface area contributed by atoms with E-state index in [0.29, 0.717) is 21.2 Å². The normalized spacial score (nSPS) is 11.2. The molecule has 0 fully saturated rings. The largest absolute Gasteiger partial charge is 0.732 e. The molecule has 0 spiro atoms. The quantitative estimate of drug-likeness (QED) is 0.464. The van der Waals surface area contributed by atoms with Crippen LogP contribution in [0.5, 0.6) is 0 Å². The molecule has 0 amide bonds. The lowest BCUT2D eigenvalue weighted by Crippen LogP contribution is -2.09. The molecule has 0 radical (unpaired) electrons. The number of nitrogens with one attached hydrogen (secondary N) is 1. The lowest BCUT2D eigenvalue weighted by molar-refractivity contribution is 0.291. The maximum Gasteiger partial charge on any atom is 0.223 e. The monoisotopic (exact) mass is 293 g/mol. The van der Waals surface area contributed by atoms with Gasteiger partial charge in [0.25, 0.3) is 0 Å². The van der Waals surface area contributed by atoms with E-state index < -0.39 is 0 Å². The van der Waals surface area contributed by atoms with Gasteiger partial charge in [-0.2, -0.15) is 4.98 Å². The van der Waals surface area contributed by atoms with Crippen LogP contribution < -0.4 is 11.0 Å². The number of aromatic nitrogens is 6. The fraction of sp³-hybridized carbons (Fsp3) is 0.111. The molecule has 3 aromatic rings. The minimum Gasteiger partial charge on any atom is -0.732 e. The molecule has 104 valence electrons.